The maximum atomic E-state index is 4.71. The summed E-state index contributed by atoms with van der Waals surface area (Å²) >= 11 is 0. The summed E-state index contributed by atoms with van der Waals surface area (Å²) < 4.78 is 1.83. The maximum Gasteiger partial charge on any atom is 0.121 e. The molecule has 0 N–H and O–H groups in total. The Labute approximate surface area is 99.5 Å². The van der Waals surface area contributed by atoms with Crippen LogP contribution in [0.5, 0.6) is 0 Å². The molecule has 1 rings (SSSR count). The van der Waals surface area contributed by atoms with Crippen molar-refractivity contribution in [2.24, 2.45) is 0 Å². The van der Waals surface area contributed by atoms with Gasteiger partial charge in [-0.3, -0.25) is 0 Å². The summed E-state index contributed by atoms with van der Waals surface area (Å²) in [5, 5.41) is 0. The maximum absolute atomic E-state index is 4.71. The fourth-order valence-corrected chi connectivity index (χ4v) is 1.68. The minimum atomic E-state index is 0.917. The molecule has 0 aliphatic rings. The van der Waals surface area contributed by atoms with Crippen molar-refractivity contribution in [2.75, 3.05) is 42.3 Å². The molecule has 0 saturated heterocycles. The molecule has 3 nitrogen and oxygen atoms in total. The van der Waals surface area contributed by atoms with Gasteiger partial charge in [0.05, 0.1) is 53.7 Å². The van der Waals surface area contributed by atoms with Crippen LogP contribution in [0.2, 0.25) is 0 Å². The molecule has 0 unspecified atom stereocenters. The lowest BCUT2D eigenvalue weighted by Gasteiger charge is -2.25. The number of nitrogens with zero attached hydrogens (tertiary/aromatic N) is 3. The number of hydrogen-bond donors (Lipinski definition) is 0. The smallest absolute Gasteiger partial charge is 0.121 e. The highest BCUT2D eigenvalue weighted by atomic mass is 15.3. The average Bonchev–Trinajstić information content (AvgIpc) is 1.96. The van der Waals surface area contributed by atoms with Crippen LogP contribution >= 0.6 is 0 Å². The van der Waals surface area contributed by atoms with E-state index < -0.39 is 0 Å². The largest absolute Gasteiger partial charge is 0.326 e. The van der Waals surface area contributed by atoms with E-state index in [1.165, 1.54) is 11.4 Å². The second-order valence-electron chi connectivity index (χ2n) is 6.52. The van der Waals surface area contributed by atoms with Gasteiger partial charge >= 0.3 is 0 Å². The molecule has 0 atom stereocenters. The second-order valence-corrected chi connectivity index (χ2v) is 6.52. The Morgan fingerprint density at radius 2 is 1.19 bits per heavy atom. The van der Waals surface area contributed by atoms with Gasteiger partial charge in [-0.25, -0.2) is 4.98 Å². The van der Waals surface area contributed by atoms with Crippen molar-refractivity contribution in [3.8, 4) is 0 Å². The van der Waals surface area contributed by atoms with E-state index in [0.29, 0.717) is 0 Å². The van der Waals surface area contributed by atoms with Gasteiger partial charge in [-0.15, -0.1) is 0 Å². The van der Waals surface area contributed by atoms with Gasteiger partial charge in [-0.1, -0.05) is 6.07 Å². The van der Waals surface area contributed by atoms with Crippen LogP contribution in [0.1, 0.15) is 11.4 Å². The highest BCUT2D eigenvalue weighted by Crippen LogP contribution is 2.08. The van der Waals surface area contributed by atoms with Gasteiger partial charge in [0.1, 0.15) is 13.1 Å². The third kappa shape index (κ3) is 5.24. The van der Waals surface area contributed by atoms with Gasteiger partial charge in [0.25, 0.3) is 0 Å². The van der Waals surface area contributed by atoms with E-state index in [0.717, 1.165) is 22.1 Å². The Hall–Kier alpha value is -0.930. The molecule has 0 aliphatic heterocycles. The summed E-state index contributed by atoms with van der Waals surface area (Å²) in [4.78, 5) is 4.71. The van der Waals surface area contributed by atoms with Gasteiger partial charge in [-0.05, 0) is 12.1 Å². The third-order valence-corrected chi connectivity index (χ3v) is 2.14. The highest BCUT2D eigenvalue weighted by molar-refractivity contribution is 5.09. The van der Waals surface area contributed by atoms with E-state index in [1.54, 1.807) is 0 Å². The molecule has 0 fully saturated rings. The van der Waals surface area contributed by atoms with E-state index in [-0.39, 0.29) is 0 Å². The minimum Gasteiger partial charge on any atom is -0.326 e. The molecule has 1 aromatic rings. The number of pyridine rings is 1. The Balaban J connectivity index is 2.79. The fraction of sp³-hybridized carbons (Fsp3) is 0.615. The first-order valence-corrected chi connectivity index (χ1v) is 5.71. The van der Waals surface area contributed by atoms with Crippen molar-refractivity contribution in [3.63, 3.8) is 0 Å². The summed E-state index contributed by atoms with van der Waals surface area (Å²) in [5.74, 6) is 0. The van der Waals surface area contributed by atoms with E-state index in [9.17, 15) is 0 Å². The summed E-state index contributed by atoms with van der Waals surface area (Å²) in [6, 6.07) is 6.34. The van der Waals surface area contributed by atoms with Crippen molar-refractivity contribution in [2.45, 2.75) is 13.1 Å². The molecule has 0 bridgehead atoms. The molecule has 0 amide bonds. The molecule has 0 saturated carbocycles. The van der Waals surface area contributed by atoms with E-state index in [1.807, 2.05) is 0 Å². The molecular formula is C13H25N3+2. The van der Waals surface area contributed by atoms with Crippen LogP contribution in [0, 0.1) is 0 Å². The first kappa shape index (κ1) is 13.1. The second kappa shape index (κ2) is 4.52. The van der Waals surface area contributed by atoms with Gasteiger partial charge < -0.3 is 8.97 Å². The highest BCUT2D eigenvalue weighted by Gasteiger charge is 2.13. The normalized spacial score (nSPS) is 12.9. The lowest BCUT2D eigenvalue weighted by molar-refractivity contribution is -0.885. The standard InChI is InChI=1S/C13H25N3/c1-15(2,3)10-12-8-7-9-13(14-12)11-16(4,5)6/h7-9H,10-11H2,1-6H3/q+2. The van der Waals surface area contributed by atoms with Crippen molar-refractivity contribution >= 4 is 0 Å². The molecule has 3 heteroatoms. The van der Waals surface area contributed by atoms with Crippen LogP contribution in [0.4, 0.5) is 0 Å². The van der Waals surface area contributed by atoms with Crippen molar-refractivity contribution in [3.05, 3.63) is 29.6 Å². The number of hydrogen-bond acceptors (Lipinski definition) is 1. The lowest BCUT2D eigenvalue weighted by Crippen LogP contribution is -2.35. The molecule has 0 aromatic carbocycles. The van der Waals surface area contributed by atoms with E-state index >= 15 is 0 Å². The van der Waals surface area contributed by atoms with Gasteiger partial charge in [0.15, 0.2) is 0 Å². The zero-order valence-corrected chi connectivity index (χ0v) is 11.5. The topological polar surface area (TPSA) is 12.9 Å². The molecule has 0 spiro atoms. The average molecular weight is 223 g/mol. The van der Waals surface area contributed by atoms with E-state index in [4.69, 9.17) is 4.98 Å². The molecule has 16 heavy (non-hydrogen) atoms. The predicted molar refractivity (Wildman–Crippen MR) is 67.7 cm³/mol. The Morgan fingerprint density at radius 1 is 0.812 bits per heavy atom. The van der Waals surface area contributed by atoms with Crippen LogP contribution in [-0.2, 0) is 13.1 Å². The van der Waals surface area contributed by atoms with Crippen molar-refractivity contribution < 1.29 is 8.97 Å². The van der Waals surface area contributed by atoms with Crippen molar-refractivity contribution in [1.82, 2.24) is 4.98 Å². The molecule has 0 aliphatic carbocycles. The predicted octanol–water partition coefficient (Wildman–Crippen LogP) is 1.49. The Bertz CT molecular complexity index is 314. The fourth-order valence-electron chi connectivity index (χ4n) is 1.68. The number of aromatic nitrogens is 1. The van der Waals surface area contributed by atoms with E-state index in [2.05, 4.69) is 60.5 Å². The van der Waals surface area contributed by atoms with Gasteiger partial charge in [0.2, 0.25) is 0 Å². The zero-order chi connectivity index (χ0) is 12.4. The quantitative estimate of drug-likeness (QED) is 0.705. The summed E-state index contributed by atoms with van der Waals surface area (Å²) in [6.07, 6.45) is 0. The SMILES string of the molecule is C[N+](C)(C)Cc1cccc(C[N+](C)(C)C)n1. The Morgan fingerprint density at radius 3 is 1.50 bits per heavy atom. The first-order chi connectivity index (χ1) is 7.16. The number of quaternary nitrogens is 2. The molecule has 1 aromatic heterocycles. The summed E-state index contributed by atoms with van der Waals surface area (Å²) in [6.45, 7) is 1.95. The molecule has 0 radical (unpaired) electrons. The first-order valence-electron chi connectivity index (χ1n) is 5.71. The summed E-state index contributed by atoms with van der Waals surface area (Å²) in [5.41, 5.74) is 2.36. The molecular weight excluding hydrogens is 198 g/mol. The van der Waals surface area contributed by atoms with Crippen molar-refractivity contribution in [1.29, 1.82) is 0 Å². The van der Waals surface area contributed by atoms with Crippen LogP contribution < -0.4 is 0 Å². The number of rotatable bonds is 4. The van der Waals surface area contributed by atoms with Gasteiger partial charge in [0, 0.05) is 0 Å². The van der Waals surface area contributed by atoms with Crippen LogP contribution in [-0.4, -0.2) is 56.2 Å². The van der Waals surface area contributed by atoms with Gasteiger partial charge in [-0.2, -0.15) is 0 Å². The summed E-state index contributed by atoms with van der Waals surface area (Å²) in [7, 11) is 13.1. The molecule has 1 heterocycles. The zero-order valence-electron chi connectivity index (χ0n) is 11.5. The minimum absolute atomic E-state index is 0.917. The molecule has 90 valence electrons. The van der Waals surface area contributed by atoms with Crippen LogP contribution in [0.3, 0.4) is 0 Å². The van der Waals surface area contributed by atoms with Crippen LogP contribution in [0.15, 0.2) is 18.2 Å². The van der Waals surface area contributed by atoms with Crippen LogP contribution in [0.25, 0.3) is 0 Å². The monoisotopic (exact) mass is 223 g/mol. The third-order valence-electron chi connectivity index (χ3n) is 2.14. The Kier molecular flexibility index (Phi) is 3.71. The lowest BCUT2D eigenvalue weighted by atomic mass is 10.2.